The van der Waals surface area contributed by atoms with Crippen molar-refractivity contribution in [1.82, 2.24) is 10.6 Å². The Bertz CT molecular complexity index is 264. The molecule has 4 nitrogen and oxygen atoms in total. The fraction of sp³-hybridized carbons (Fsp3) is 0.917. The molecule has 2 rings (SSSR count). The minimum absolute atomic E-state index is 0.00981. The largest absolute Gasteiger partial charge is 0.374 e. The third-order valence-electron chi connectivity index (χ3n) is 3.95. The number of hydrogen-bond donors (Lipinski definition) is 2. The van der Waals surface area contributed by atoms with Crippen LogP contribution in [0.5, 0.6) is 0 Å². The smallest absolute Gasteiger partial charge is 0.226 e. The number of carbonyl (C=O) groups excluding carboxylic acids is 1. The molecule has 2 heterocycles. The summed E-state index contributed by atoms with van der Waals surface area (Å²) in [5, 5.41) is 6.37. The van der Waals surface area contributed by atoms with Crippen LogP contribution in [0.15, 0.2) is 0 Å². The minimum atomic E-state index is 0.00981. The van der Waals surface area contributed by atoms with Crippen LogP contribution >= 0.6 is 0 Å². The Hall–Kier alpha value is -0.610. The zero-order chi connectivity index (χ0) is 11.7. The lowest BCUT2D eigenvalue weighted by molar-refractivity contribution is -0.127. The summed E-state index contributed by atoms with van der Waals surface area (Å²) in [6.07, 6.45) is 1.27. The van der Waals surface area contributed by atoms with Gasteiger partial charge in [0.25, 0.3) is 0 Å². The van der Waals surface area contributed by atoms with Gasteiger partial charge < -0.3 is 15.4 Å². The molecule has 4 unspecified atom stereocenters. The van der Waals surface area contributed by atoms with E-state index < -0.39 is 0 Å². The second-order valence-corrected chi connectivity index (χ2v) is 5.13. The normalized spacial score (nSPS) is 43.6. The predicted molar refractivity (Wildman–Crippen MR) is 62.1 cm³/mol. The summed E-state index contributed by atoms with van der Waals surface area (Å²) in [6, 6.07) is 0.308. The summed E-state index contributed by atoms with van der Waals surface area (Å²) in [7, 11) is 0. The lowest BCUT2D eigenvalue weighted by atomic mass is 9.88. The highest BCUT2D eigenvalue weighted by atomic mass is 16.5. The number of amides is 1. The van der Waals surface area contributed by atoms with Gasteiger partial charge in [-0.3, -0.25) is 4.79 Å². The third-order valence-corrected chi connectivity index (χ3v) is 3.95. The van der Waals surface area contributed by atoms with Gasteiger partial charge in [0.2, 0.25) is 5.91 Å². The van der Waals surface area contributed by atoms with Crippen molar-refractivity contribution in [2.45, 2.75) is 45.4 Å². The Morgan fingerprint density at radius 2 is 2.06 bits per heavy atom. The van der Waals surface area contributed by atoms with Crippen molar-refractivity contribution < 1.29 is 9.53 Å². The molecule has 4 heteroatoms. The summed E-state index contributed by atoms with van der Waals surface area (Å²) in [5.41, 5.74) is 0. The van der Waals surface area contributed by atoms with E-state index in [2.05, 4.69) is 17.6 Å². The summed E-state index contributed by atoms with van der Waals surface area (Å²) in [4.78, 5) is 12.1. The van der Waals surface area contributed by atoms with Gasteiger partial charge in [0.1, 0.15) is 0 Å². The first-order valence-electron chi connectivity index (χ1n) is 6.26. The Morgan fingerprint density at radius 3 is 2.56 bits per heavy atom. The van der Waals surface area contributed by atoms with Gasteiger partial charge in [-0.15, -0.1) is 0 Å². The van der Waals surface area contributed by atoms with Crippen LogP contribution in [0.25, 0.3) is 0 Å². The van der Waals surface area contributed by atoms with Crippen LogP contribution in [0, 0.1) is 11.8 Å². The predicted octanol–water partition coefficient (Wildman–Crippen LogP) is 0.524. The van der Waals surface area contributed by atoms with Crippen molar-refractivity contribution in [3.05, 3.63) is 0 Å². The first-order chi connectivity index (χ1) is 7.59. The van der Waals surface area contributed by atoms with Crippen LogP contribution in [-0.4, -0.2) is 37.2 Å². The molecule has 0 saturated carbocycles. The maximum absolute atomic E-state index is 12.1. The van der Waals surface area contributed by atoms with E-state index in [9.17, 15) is 4.79 Å². The number of carbonyl (C=O) groups is 1. The van der Waals surface area contributed by atoms with E-state index in [0.717, 1.165) is 19.5 Å². The summed E-state index contributed by atoms with van der Waals surface area (Å²) in [6.45, 7) is 8.05. The first kappa shape index (κ1) is 11.9. The second kappa shape index (κ2) is 4.72. The van der Waals surface area contributed by atoms with Gasteiger partial charge in [0.15, 0.2) is 0 Å². The monoisotopic (exact) mass is 226 g/mol. The first-order valence-corrected chi connectivity index (χ1v) is 6.26. The van der Waals surface area contributed by atoms with E-state index >= 15 is 0 Å². The lowest BCUT2D eigenvalue weighted by Crippen LogP contribution is -2.43. The van der Waals surface area contributed by atoms with Crippen LogP contribution in [0.3, 0.4) is 0 Å². The van der Waals surface area contributed by atoms with E-state index in [0.29, 0.717) is 12.0 Å². The van der Waals surface area contributed by atoms with E-state index in [-0.39, 0.29) is 24.0 Å². The topological polar surface area (TPSA) is 50.4 Å². The van der Waals surface area contributed by atoms with Crippen molar-refractivity contribution in [3.8, 4) is 0 Å². The highest BCUT2D eigenvalue weighted by molar-refractivity contribution is 5.80. The van der Waals surface area contributed by atoms with Crippen LogP contribution < -0.4 is 10.6 Å². The van der Waals surface area contributed by atoms with Gasteiger partial charge in [-0.25, -0.2) is 0 Å². The number of ether oxygens (including phenoxy) is 1. The average Bonchev–Trinajstić information content (AvgIpc) is 2.77. The summed E-state index contributed by atoms with van der Waals surface area (Å²) < 4.78 is 5.70. The molecule has 16 heavy (non-hydrogen) atoms. The fourth-order valence-electron chi connectivity index (χ4n) is 2.79. The number of rotatable bonds is 2. The molecule has 0 bridgehead atoms. The molecular formula is C12H22N2O2. The Morgan fingerprint density at radius 1 is 1.31 bits per heavy atom. The molecule has 0 aromatic rings. The van der Waals surface area contributed by atoms with Gasteiger partial charge in [-0.2, -0.15) is 0 Å². The Labute approximate surface area is 97.1 Å². The zero-order valence-corrected chi connectivity index (χ0v) is 10.3. The van der Waals surface area contributed by atoms with Gasteiger partial charge >= 0.3 is 0 Å². The minimum Gasteiger partial charge on any atom is -0.374 e. The molecule has 2 fully saturated rings. The van der Waals surface area contributed by atoms with Gasteiger partial charge in [-0.1, -0.05) is 6.92 Å². The molecule has 0 aliphatic carbocycles. The van der Waals surface area contributed by atoms with E-state index in [1.165, 1.54) is 0 Å². The molecule has 2 saturated heterocycles. The third kappa shape index (κ3) is 2.23. The maximum atomic E-state index is 12.1. The summed E-state index contributed by atoms with van der Waals surface area (Å²) >= 11 is 0. The van der Waals surface area contributed by atoms with E-state index in [1.54, 1.807) is 0 Å². The molecule has 0 radical (unpaired) electrons. The molecule has 2 N–H and O–H groups in total. The number of nitrogens with one attached hydrogen (secondary N) is 2. The van der Waals surface area contributed by atoms with Gasteiger partial charge in [0.05, 0.1) is 18.1 Å². The maximum Gasteiger partial charge on any atom is 0.226 e. The molecule has 5 atom stereocenters. The highest BCUT2D eigenvalue weighted by Gasteiger charge is 2.42. The van der Waals surface area contributed by atoms with Crippen LogP contribution in [0.2, 0.25) is 0 Å². The van der Waals surface area contributed by atoms with Gasteiger partial charge in [0, 0.05) is 12.6 Å². The second-order valence-electron chi connectivity index (χ2n) is 5.13. The van der Waals surface area contributed by atoms with E-state index in [1.807, 2.05) is 13.8 Å². The molecule has 92 valence electrons. The average molecular weight is 226 g/mol. The number of hydrogen-bond acceptors (Lipinski definition) is 3. The Kier molecular flexibility index (Phi) is 3.50. The molecule has 0 aromatic carbocycles. The lowest BCUT2D eigenvalue weighted by Gasteiger charge is -2.20. The molecule has 0 spiro atoms. The molecule has 2 aliphatic heterocycles. The summed E-state index contributed by atoms with van der Waals surface area (Å²) in [5.74, 6) is 0.484. The fourth-order valence-corrected chi connectivity index (χ4v) is 2.79. The zero-order valence-electron chi connectivity index (χ0n) is 10.3. The SMILES string of the molecule is CC1OC(C)C(C(=O)N[C@@H]2CCNC2)C1C. The highest BCUT2D eigenvalue weighted by Crippen LogP contribution is 2.32. The van der Waals surface area contributed by atoms with Crippen molar-refractivity contribution in [2.24, 2.45) is 11.8 Å². The van der Waals surface area contributed by atoms with Gasteiger partial charge in [-0.05, 0) is 32.7 Å². The molecule has 0 aromatic heterocycles. The van der Waals surface area contributed by atoms with Crippen LogP contribution in [0.4, 0.5) is 0 Å². The van der Waals surface area contributed by atoms with Crippen LogP contribution in [0.1, 0.15) is 27.2 Å². The quantitative estimate of drug-likeness (QED) is 0.722. The van der Waals surface area contributed by atoms with Crippen molar-refractivity contribution in [2.75, 3.05) is 13.1 Å². The van der Waals surface area contributed by atoms with Crippen molar-refractivity contribution in [3.63, 3.8) is 0 Å². The standard InChI is InChI=1S/C12H22N2O2/c1-7-8(2)16-9(3)11(7)12(15)14-10-4-5-13-6-10/h7-11,13H,4-6H2,1-3H3,(H,14,15)/t7?,8?,9?,10-,11?/m1/s1. The van der Waals surface area contributed by atoms with Crippen LogP contribution in [-0.2, 0) is 9.53 Å². The molecule has 2 aliphatic rings. The Balaban J connectivity index is 1.93. The van der Waals surface area contributed by atoms with Crippen molar-refractivity contribution in [1.29, 1.82) is 0 Å². The molecular weight excluding hydrogens is 204 g/mol. The molecule has 1 amide bonds. The van der Waals surface area contributed by atoms with E-state index in [4.69, 9.17) is 4.74 Å². The van der Waals surface area contributed by atoms with Crippen molar-refractivity contribution >= 4 is 5.91 Å².